The maximum atomic E-state index is 4.51. The van der Waals surface area contributed by atoms with Crippen LogP contribution in [0.3, 0.4) is 0 Å². The largest absolute Gasteiger partial charge is 0.321 e. The van der Waals surface area contributed by atoms with Gasteiger partial charge in [0, 0.05) is 12.4 Å². The minimum Gasteiger partial charge on any atom is -0.321 e. The van der Waals surface area contributed by atoms with Gasteiger partial charge in [-0.2, -0.15) is 0 Å². The van der Waals surface area contributed by atoms with Gasteiger partial charge in [-0.15, -0.1) is 0 Å². The molecule has 3 rings (SSSR count). The van der Waals surface area contributed by atoms with Gasteiger partial charge in [0.1, 0.15) is 11.3 Å². The number of halogens is 1. The Hall–Kier alpha value is -1.75. The highest BCUT2D eigenvalue weighted by Crippen LogP contribution is 2.24. The second kappa shape index (κ2) is 4.49. The molecule has 18 heavy (non-hydrogen) atoms. The first-order valence-electron chi connectivity index (χ1n) is 5.62. The highest BCUT2D eigenvalue weighted by atomic mass is 79.9. The summed E-state index contributed by atoms with van der Waals surface area (Å²) in [4.78, 5) is 13.0. The van der Waals surface area contributed by atoms with Gasteiger partial charge in [0.2, 0.25) is 0 Å². The summed E-state index contributed by atoms with van der Waals surface area (Å²) in [6.45, 7) is 2.71. The fraction of sp³-hybridized carbons (Fsp3) is 0.154. The third kappa shape index (κ3) is 1.90. The fourth-order valence-electron chi connectivity index (χ4n) is 2.01. The zero-order chi connectivity index (χ0) is 12.5. The number of rotatable bonds is 2. The van der Waals surface area contributed by atoms with Crippen molar-refractivity contribution < 1.29 is 0 Å². The summed E-state index contributed by atoms with van der Waals surface area (Å²) in [6, 6.07) is 5.93. The Kier molecular flexibility index (Phi) is 2.83. The van der Waals surface area contributed by atoms with E-state index in [1.807, 2.05) is 25.1 Å². The van der Waals surface area contributed by atoms with Crippen molar-refractivity contribution in [3.05, 3.63) is 52.8 Å². The summed E-state index contributed by atoms with van der Waals surface area (Å²) in [5.74, 6) is 0.962. The Labute approximate surface area is 113 Å². The van der Waals surface area contributed by atoms with E-state index < -0.39 is 0 Å². The molecule has 0 fully saturated rings. The van der Waals surface area contributed by atoms with E-state index in [9.17, 15) is 0 Å². The van der Waals surface area contributed by atoms with Crippen molar-refractivity contribution in [3.8, 4) is 0 Å². The van der Waals surface area contributed by atoms with Gasteiger partial charge in [0.05, 0.1) is 28.4 Å². The Balaban J connectivity index is 2.14. The number of hydrogen-bond donors (Lipinski definition) is 0. The highest BCUT2D eigenvalue weighted by molar-refractivity contribution is 9.10. The van der Waals surface area contributed by atoms with Gasteiger partial charge < -0.3 is 4.57 Å². The van der Waals surface area contributed by atoms with Crippen LogP contribution in [-0.2, 0) is 6.54 Å². The Bertz CT molecular complexity index is 691. The first-order valence-corrected chi connectivity index (χ1v) is 6.41. The summed E-state index contributed by atoms with van der Waals surface area (Å²) in [5, 5.41) is 0. The summed E-state index contributed by atoms with van der Waals surface area (Å²) in [6.07, 6.45) is 5.38. The van der Waals surface area contributed by atoms with Crippen molar-refractivity contribution in [2.24, 2.45) is 0 Å². The molecule has 0 aliphatic heterocycles. The second-order valence-electron chi connectivity index (χ2n) is 4.06. The lowest BCUT2D eigenvalue weighted by Crippen LogP contribution is -2.03. The minimum atomic E-state index is 0.714. The molecule has 0 bridgehead atoms. The SMILES string of the molecule is Cc1nc2cncc(Br)c2n1Cc1ccccn1. The van der Waals surface area contributed by atoms with Crippen LogP contribution < -0.4 is 0 Å². The zero-order valence-corrected chi connectivity index (χ0v) is 11.4. The van der Waals surface area contributed by atoms with Gasteiger partial charge in [-0.05, 0) is 35.0 Å². The fourth-order valence-corrected chi connectivity index (χ4v) is 2.55. The summed E-state index contributed by atoms with van der Waals surface area (Å²) < 4.78 is 3.10. The minimum absolute atomic E-state index is 0.714. The van der Waals surface area contributed by atoms with Gasteiger partial charge in [-0.25, -0.2) is 4.98 Å². The lowest BCUT2D eigenvalue weighted by atomic mass is 10.3. The molecule has 0 saturated carbocycles. The molecule has 0 atom stereocenters. The molecule has 90 valence electrons. The third-order valence-corrected chi connectivity index (χ3v) is 3.42. The predicted octanol–water partition coefficient (Wildman–Crippen LogP) is 2.95. The number of aryl methyl sites for hydroxylation is 1. The van der Waals surface area contributed by atoms with Crippen LogP contribution in [0.4, 0.5) is 0 Å². The van der Waals surface area contributed by atoms with Gasteiger partial charge in [0.15, 0.2) is 0 Å². The van der Waals surface area contributed by atoms with Crippen molar-refractivity contribution in [2.45, 2.75) is 13.5 Å². The summed E-state index contributed by atoms with van der Waals surface area (Å²) >= 11 is 3.53. The number of fused-ring (bicyclic) bond motifs is 1. The van der Waals surface area contributed by atoms with Crippen LogP contribution in [0.1, 0.15) is 11.5 Å². The van der Waals surface area contributed by atoms with E-state index in [2.05, 4.69) is 35.4 Å². The van der Waals surface area contributed by atoms with Crippen LogP contribution in [0.2, 0.25) is 0 Å². The normalized spacial score (nSPS) is 11.0. The highest BCUT2D eigenvalue weighted by Gasteiger charge is 2.11. The van der Waals surface area contributed by atoms with Gasteiger partial charge >= 0.3 is 0 Å². The number of pyridine rings is 2. The quantitative estimate of drug-likeness (QED) is 0.731. The lowest BCUT2D eigenvalue weighted by Gasteiger charge is -2.07. The average molecular weight is 303 g/mol. The molecule has 0 aromatic carbocycles. The molecule has 3 heterocycles. The molecular weight excluding hydrogens is 292 g/mol. The molecule has 0 amide bonds. The monoisotopic (exact) mass is 302 g/mol. The van der Waals surface area contributed by atoms with E-state index in [1.165, 1.54) is 0 Å². The molecule has 0 unspecified atom stereocenters. The molecule has 5 heteroatoms. The molecule has 0 radical (unpaired) electrons. The Morgan fingerprint density at radius 1 is 1.28 bits per heavy atom. The summed E-state index contributed by atoms with van der Waals surface area (Å²) in [5.41, 5.74) is 2.98. The van der Waals surface area contributed by atoms with E-state index in [4.69, 9.17) is 0 Å². The maximum absolute atomic E-state index is 4.51. The molecule has 0 N–H and O–H groups in total. The molecule has 0 saturated heterocycles. The van der Waals surface area contributed by atoms with Crippen molar-refractivity contribution in [1.29, 1.82) is 0 Å². The number of nitrogens with zero attached hydrogens (tertiary/aromatic N) is 4. The van der Waals surface area contributed by atoms with Gasteiger partial charge in [0.25, 0.3) is 0 Å². The Morgan fingerprint density at radius 3 is 2.94 bits per heavy atom. The van der Waals surface area contributed by atoms with Crippen LogP contribution >= 0.6 is 15.9 Å². The van der Waals surface area contributed by atoms with Crippen LogP contribution in [0.25, 0.3) is 11.0 Å². The summed E-state index contributed by atoms with van der Waals surface area (Å²) in [7, 11) is 0. The molecule has 4 nitrogen and oxygen atoms in total. The first-order chi connectivity index (χ1) is 8.75. The van der Waals surface area contributed by atoms with Gasteiger partial charge in [-0.3, -0.25) is 9.97 Å². The van der Waals surface area contributed by atoms with Crippen molar-refractivity contribution >= 4 is 27.0 Å². The third-order valence-electron chi connectivity index (χ3n) is 2.84. The van der Waals surface area contributed by atoms with Crippen LogP contribution in [0.5, 0.6) is 0 Å². The predicted molar refractivity (Wildman–Crippen MR) is 73.3 cm³/mol. The standard InChI is InChI=1S/C13H11BrN4/c1-9-17-12-7-15-6-11(14)13(12)18(9)8-10-4-2-3-5-16-10/h2-7H,8H2,1H3. The molecule has 0 aliphatic carbocycles. The molecule has 3 aromatic rings. The number of aromatic nitrogens is 4. The number of hydrogen-bond acceptors (Lipinski definition) is 3. The van der Waals surface area contributed by atoms with Crippen molar-refractivity contribution in [1.82, 2.24) is 19.5 Å². The van der Waals surface area contributed by atoms with E-state index in [0.717, 1.165) is 27.0 Å². The van der Waals surface area contributed by atoms with E-state index in [0.29, 0.717) is 6.54 Å². The zero-order valence-electron chi connectivity index (χ0n) is 9.84. The van der Waals surface area contributed by atoms with Gasteiger partial charge in [-0.1, -0.05) is 6.07 Å². The van der Waals surface area contributed by atoms with Crippen molar-refractivity contribution in [2.75, 3.05) is 0 Å². The number of imidazole rings is 1. The van der Waals surface area contributed by atoms with E-state index in [1.54, 1.807) is 18.6 Å². The Morgan fingerprint density at radius 2 is 2.17 bits per heavy atom. The lowest BCUT2D eigenvalue weighted by molar-refractivity contribution is 0.763. The average Bonchev–Trinajstić information content (AvgIpc) is 2.69. The van der Waals surface area contributed by atoms with E-state index >= 15 is 0 Å². The van der Waals surface area contributed by atoms with E-state index in [-0.39, 0.29) is 0 Å². The second-order valence-corrected chi connectivity index (χ2v) is 4.91. The topological polar surface area (TPSA) is 43.6 Å². The smallest absolute Gasteiger partial charge is 0.108 e. The molecule has 3 aromatic heterocycles. The van der Waals surface area contributed by atoms with Crippen LogP contribution in [-0.4, -0.2) is 19.5 Å². The maximum Gasteiger partial charge on any atom is 0.108 e. The first kappa shape index (κ1) is 11.3. The van der Waals surface area contributed by atoms with Crippen LogP contribution in [0.15, 0.2) is 41.3 Å². The molecule has 0 spiro atoms. The molecule has 0 aliphatic rings. The van der Waals surface area contributed by atoms with Crippen molar-refractivity contribution in [3.63, 3.8) is 0 Å². The van der Waals surface area contributed by atoms with Crippen LogP contribution in [0, 0.1) is 6.92 Å². The molecular formula is C13H11BrN4.